The van der Waals surface area contributed by atoms with Gasteiger partial charge >= 0.3 is 5.97 Å². The molecule has 6 heteroatoms. The maximum Gasteiger partial charge on any atom is 0.316 e. The van der Waals surface area contributed by atoms with E-state index in [2.05, 4.69) is 5.32 Å². The van der Waals surface area contributed by atoms with Crippen LogP contribution in [-0.2, 0) is 9.59 Å². The number of rotatable bonds is 8. The number of hydrogen-bond acceptors (Lipinski definition) is 4. The van der Waals surface area contributed by atoms with Crippen molar-refractivity contribution in [3.8, 4) is 0 Å². The Hall–Kier alpha value is -0.750. The maximum absolute atomic E-state index is 11.3. The Balaban J connectivity index is 3.48. The average Bonchev–Trinajstić information content (AvgIpc) is 2.20. The van der Waals surface area contributed by atoms with Gasteiger partial charge in [0, 0.05) is 6.54 Å². The summed E-state index contributed by atoms with van der Waals surface area (Å²) in [6, 6.07) is 0. The highest BCUT2D eigenvalue weighted by atomic mass is 32.2. The van der Waals surface area contributed by atoms with Crippen molar-refractivity contribution < 1.29 is 14.7 Å². The molecule has 0 bridgehead atoms. The van der Waals surface area contributed by atoms with E-state index >= 15 is 0 Å². The van der Waals surface area contributed by atoms with Gasteiger partial charge in [0.2, 0.25) is 5.91 Å². The molecule has 0 aliphatic rings. The van der Waals surface area contributed by atoms with Crippen LogP contribution in [0.2, 0.25) is 0 Å². The first-order chi connectivity index (χ1) is 7.43. The second-order valence-corrected chi connectivity index (χ2v) is 5.13. The van der Waals surface area contributed by atoms with Gasteiger partial charge in [0.05, 0.1) is 11.0 Å². The number of carboxylic acid groups (broad SMARTS) is 1. The Morgan fingerprint density at radius 3 is 2.56 bits per heavy atom. The van der Waals surface area contributed by atoms with Crippen molar-refractivity contribution in [1.29, 1.82) is 0 Å². The molecule has 0 fully saturated rings. The summed E-state index contributed by atoms with van der Waals surface area (Å²) in [4.78, 5) is 23.8. The van der Waals surface area contributed by atoms with Crippen LogP contribution in [0.1, 0.15) is 13.3 Å². The summed E-state index contributed by atoms with van der Waals surface area (Å²) >= 11 is 1.13. The molecular weight excluding hydrogens is 228 g/mol. The van der Waals surface area contributed by atoms with E-state index in [9.17, 15) is 9.59 Å². The predicted molar refractivity (Wildman–Crippen MR) is 65.7 cm³/mol. The molecule has 0 radical (unpaired) electrons. The SMILES string of the molecule is CC(SCC(=O)NCCCN(C)C)C(=O)O. The highest BCUT2D eigenvalue weighted by Crippen LogP contribution is 2.09. The molecule has 5 nitrogen and oxygen atoms in total. The smallest absolute Gasteiger partial charge is 0.316 e. The van der Waals surface area contributed by atoms with Crippen LogP contribution in [0.3, 0.4) is 0 Å². The van der Waals surface area contributed by atoms with E-state index in [1.165, 1.54) is 0 Å². The number of carboxylic acids is 1. The first kappa shape index (κ1) is 15.2. The quantitative estimate of drug-likeness (QED) is 0.603. The van der Waals surface area contributed by atoms with Crippen LogP contribution < -0.4 is 5.32 Å². The standard InChI is InChI=1S/C10H20N2O3S/c1-8(10(14)15)16-7-9(13)11-5-4-6-12(2)3/h8H,4-7H2,1-3H3,(H,11,13)(H,14,15). The Labute approximate surface area is 101 Å². The van der Waals surface area contributed by atoms with Gasteiger partial charge in [0.15, 0.2) is 0 Å². The van der Waals surface area contributed by atoms with Gasteiger partial charge in [-0.3, -0.25) is 9.59 Å². The summed E-state index contributed by atoms with van der Waals surface area (Å²) in [5.74, 6) is -0.780. The second kappa shape index (κ2) is 8.41. The van der Waals surface area contributed by atoms with E-state index in [1.807, 2.05) is 19.0 Å². The molecule has 94 valence electrons. The fraction of sp³-hybridized carbons (Fsp3) is 0.800. The molecule has 0 aliphatic carbocycles. The minimum atomic E-state index is -0.884. The van der Waals surface area contributed by atoms with Crippen molar-refractivity contribution in [3.63, 3.8) is 0 Å². The third-order valence-corrected chi connectivity index (χ3v) is 3.05. The lowest BCUT2D eigenvalue weighted by molar-refractivity contribution is -0.136. The lowest BCUT2D eigenvalue weighted by Gasteiger charge is -2.10. The molecule has 0 aliphatic heterocycles. The van der Waals surface area contributed by atoms with Crippen LogP contribution >= 0.6 is 11.8 Å². The number of thioether (sulfide) groups is 1. The van der Waals surface area contributed by atoms with Gasteiger partial charge in [-0.2, -0.15) is 0 Å². The average molecular weight is 248 g/mol. The van der Waals surface area contributed by atoms with Gasteiger partial charge in [-0.05, 0) is 34.0 Å². The monoisotopic (exact) mass is 248 g/mol. The van der Waals surface area contributed by atoms with Crippen LogP contribution in [0.4, 0.5) is 0 Å². The van der Waals surface area contributed by atoms with Gasteiger partial charge in [0.1, 0.15) is 0 Å². The molecule has 0 rings (SSSR count). The number of nitrogens with one attached hydrogen (secondary N) is 1. The van der Waals surface area contributed by atoms with Crippen LogP contribution in [0.25, 0.3) is 0 Å². The predicted octanol–water partition coefficient (Wildman–Crippen LogP) is 0.261. The maximum atomic E-state index is 11.3. The number of carbonyl (C=O) groups excluding carboxylic acids is 1. The van der Waals surface area contributed by atoms with Crippen LogP contribution in [0, 0.1) is 0 Å². The summed E-state index contributed by atoms with van der Waals surface area (Å²) in [5, 5.41) is 10.8. The van der Waals surface area contributed by atoms with Crippen molar-refractivity contribution in [2.75, 3.05) is 32.9 Å². The molecule has 16 heavy (non-hydrogen) atoms. The minimum absolute atomic E-state index is 0.100. The van der Waals surface area contributed by atoms with Crippen molar-refractivity contribution >= 4 is 23.6 Å². The Morgan fingerprint density at radius 2 is 2.06 bits per heavy atom. The van der Waals surface area contributed by atoms with E-state index in [1.54, 1.807) is 6.92 Å². The van der Waals surface area contributed by atoms with Crippen LogP contribution in [0.15, 0.2) is 0 Å². The highest BCUT2D eigenvalue weighted by molar-refractivity contribution is 8.01. The van der Waals surface area contributed by atoms with E-state index in [0.29, 0.717) is 6.54 Å². The second-order valence-electron chi connectivity index (χ2n) is 3.80. The third-order valence-electron chi connectivity index (χ3n) is 1.92. The van der Waals surface area contributed by atoms with Crippen molar-refractivity contribution in [2.45, 2.75) is 18.6 Å². The molecule has 0 saturated carbocycles. The molecule has 0 saturated heterocycles. The van der Waals surface area contributed by atoms with Crippen molar-refractivity contribution in [1.82, 2.24) is 10.2 Å². The number of nitrogens with zero attached hydrogens (tertiary/aromatic N) is 1. The number of aliphatic carboxylic acids is 1. The molecule has 1 amide bonds. The molecule has 1 unspecified atom stereocenters. The summed E-state index contributed by atoms with van der Waals surface area (Å²) in [6.45, 7) is 3.14. The Morgan fingerprint density at radius 1 is 1.44 bits per heavy atom. The van der Waals surface area contributed by atoms with E-state index in [0.717, 1.165) is 24.7 Å². The zero-order valence-electron chi connectivity index (χ0n) is 10.0. The lowest BCUT2D eigenvalue weighted by atomic mass is 10.4. The molecule has 1 atom stereocenters. The van der Waals surface area contributed by atoms with E-state index in [-0.39, 0.29) is 11.7 Å². The van der Waals surface area contributed by atoms with E-state index in [4.69, 9.17) is 5.11 Å². The van der Waals surface area contributed by atoms with Crippen LogP contribution in [-0.4, -0.2) is 60.1 Å². The first-order valence-corrected chi connectivity index (χ1v) is 6.24. The fourth-order valence-corrected chi connectivity index (χ4v) is 1.59. The van der Waals surface area contributed by atoms with E-state index < -0.39 is 11.2 Å². The Kier molecular flexibility index (Phi) is 8.01. The van der Waals surface area contributed by atoms with Gasteiger partial charge in [-0.1, -0.05) is 0 Å². The van der Waals surface area contributed by atoms with Gasteiger partial charge in [-0.15, -0.1) is 11.8 Å². The fourth-order valence-electron chi connectivity index (χ4n) is 0.946. The third kappa shape index (κ3) is 8.55. The molecule has 0 aromatic heterocycles. The lowest BCUT2D eigenvalue weighted by Crippen LogP contribution is -2.29. The normalized spacial score (nSPS) is 12.5. The first-order valence-electron chi connectivity index (χ1n) is 5.19. The van der Waals surface area contributed by atoms with Gasteiger partial charge in [-0.25, -0.2) is 0 Å². The largest absolute Gasteiger partial charge is 0.480 e. The Bertz CT molecular complexity index is 234. The van der Waals surface area contributed by atoms with Gasteiger partial charge < -0.3 is 15.3 Å². The molecule has 0 aromatic rings. The van der Waals surface area contributed by atoms with Gasteiger partial charge in [0.25, 0.3) is 0 Å². The summed E-state index contributed by atoms with van der Waals surface area (Å²) in [6.07, 6.45) is 0.901. The summed E-state index contributed by atoms with van der Waals surface area (Å²) < 4.78 is 0. The molecule has 2 N–H and O–H groups in total. The zero-order valence-corrected chi connectivity index (χ0v) is 10.8. The molecule has 0 spiro atoms. The van der Waals surface area contributed by atoms with Crippen molar-refractivity contribution in [2.24, 2.45) is 0 Å². The summed E-state index contributed by atoms with van der Waals surface area (Å²) in [7, 11) is 3.96. The number of hydrogen-bond donors (Lipinski definition) is 2. The van der Waals surface area contributed by atoms with Crippen molar-refractivity contribution in [3.05, 3.63) is 0 Å². The molecule has 0 aromatic carbocycles. The minimum Gasteiger partial charge on any atom is -0.480 e. The number of carbonyl (C=O) groups is 2. The highest BCUT2D eigenvalue weighted by Gasteiger charge is 2.12. The summed E-state index contributed by atoms with van der Waals surface area (Å²) in [5.41, 5.74) is 0. The number of amides is 1. The molecular formula is C10H20N2O3S. The van der Waals surface area contributed by atoms with Crippen LogP contribution in [0.5, 0.6) is 0 Å². The molecule has 0 heterocycles. The topological polar surface area (TPSA) is 69.6 Å². The zero-order chi connectivity index (χ0) is 12.6.